The fraction of sp³-hybridized carbons (Fsp3) is 0.875. The summed E-state index contributed by atoms with van der Waals surface area (Å²) in [6.45, 7) is 11.3. The highest BCUT2D eigenvalue weighted by Gasteiger charge is 2.68. The van der Waals surface area contributed by atoms with Crippen molar-refractivity contribution in [2.45, 2.75) is 194 Å². The maximum atomic E-state index is 14.1. The molecule has 290 valence electrons. The van der Waals surface area contributed by atoms with Gasteiger partial charge in [0.2, 0.25) is 0 Å². The van der Waals surface area contributed by atoms with Gasteiger partial charge >= 0.3 is 0 Å². The number of carbonyl (C=O) groups excluding carboxylic acids is 1. The minimum Gasteiger partial charge on any atom is -0.392 e. The predicted octanol–water partition coefficient (Wildman–Crippen LogP) is 3.44. The summed E-state index contributed by atoms with van der Waals surface area (Å²) in [6.07, 6.45) is 4.85. The summed E-state index contributed by atoms with van der Waals surface area (Å²) < 4.78 is 60.0. The zero-order valence-corrected chi connectivity index (χ0v) is 30.8. The molecule has 10 rings (SSSR count). The van der Waals surface area contributed by atoms with Gasteiger partial charge in [0.15, 0.2) is 5.79 Å². The van der Waals surface area contributed by atoms with Crippen LogP contribution in [0.4, 0.5) is 0 Å². The van der Waals surface area contributed by atoms with E-state index in [4.69, 9.17) is 48.4 Å². The van der Waals surface area contributed by atoms with Crippen molar-refractivity contribution in [2.75, 3.05) is 13.7 Å². The Morgan fingerprint density at radius 1 is 0.808 bits per heavy atom. The number of rotatable bonds is 4. The van der Waals surface area contributed by atoms with Crippen LogP contribution in [0.2, 0.25) is 0 Å². The van der Waals surface area contributed by atoms with Crippen molar-refractivity contribution >= 4 is 5.78 Å². The number of methoxy groups -OCH3 is 1. The lowest BCUT2D eigenvalue weighted by Gasteiger charge is -2.47. The molecule has 10 aliphatic rings. The molecule has 0 aromatic heterocycles. The Bertz CT molecular complexity index is 1380. The minimum absolute atomic E-state index is 0.0158. The Morgan fingerprint density at radius 2 is 1.56 bits per heavy atom. The molecule has 12 bridgehead atoms. The Labute approximate surface area is 307 Å². The summed E-state index contributed by atoms with van der Waals surface area (Å²) in [5.41, 5.74) is 8.01. The second-order valence-electron chi connectivity index (χ2n) is 17.4. The molecule has 10 aliphatic heterocycles. The number of carbonyl (C=O) groups is 1. The van der Waals surface area contributed by atoms with E-state index in [1.165, 1.54) is 0 Å². The second kappa shape index (κ2) is 14.3. The van der Waals surface area contributed by atoms with Crippen molar-refractivity contribution in [3.63, 3.8) is 0 Å². The SMILES string of the molecule is C=C1C[C@@H]2CC[C@@]34C[C@H]5O[C@H]6[C@@H](O3)[C@H]3O[C@H](CC[C@@H]3O[C@H]6[C@H]5O4)CC(=O)C[C@@H]3[C@@H](OC)[C@@H](C[C@@H](O)CN)O[C@H]3C[C@H]3O[C@@H](CC[C@@H]1O2)C[C@@H](C)C3=C. The molecule has 0 aromatic rings. The third-order valence-electron chi connectivity index (χ3n) is 14.0. The van der Waals surface area contributed by atoms with E-state index in [1.807, 2.05) is 0 Å². The quantitative estimate of drug-likeness (QED) is 0.409. The fourth-order valence-corrected chi connectivity index (χ4v) is 11.3. The molecule has 3 N–H and O–H groups in total. The summed E-state index contributed by atoms with van der Waals surface area (Å²) >= 11 is 0. The molecular weight excluding hydrogens is 670 g/mol. The predicted molar refractivity (Wildman–Crippen MR) is 186 cm³/mol. The largest absolute Gasteiger partial charge is 0.392 e. The number of aliphatic hydroxyl groups is 1. The highest BCUT2D eigenvalue weighted by molar-refractivity contribution is 5.79. The molecule has 12 nitrogen and oxygen atoms in total. The number of ketones is 1. The van der Waals surface area contributed by atoms with Crippen LogP contribution < -0.4 is 5.73 Å². The van der Waals surface area contributed by atoms with E-state index in [9.17, 15) is 9.90 Å². The monoisotopic (exact) mass is 729 g/mol. The zero-order chi connectivity index (χ0) is 35.9. The molecule has 1 spiro atoms. The van der Waals surface area contributed by atoms with Crippen LogP contribution in [0, 0.1) is 11.8 Å². The van der Waals surface area contributed by atoms with Gasteiger partial charge in [0.25, 0.3) is 0 Å². The Hall–Kier alpha value is -1.29. The molecule has 0 aliphatic carbocycles. The van der Waals surface area contributed by atoms with Crippen LogP contribution in [0.25, 0.3) is 0 Å². The lowest BCUT2D eigenvalue weighted by Crippen LogP contribution is -2.61. The van der Waals surface area contributed by atoms with Crippen LogP contribution in [0.1, 0.15) is 90.4 Å². The van der Waals surface area contributed by atoms with E-state index in [1.54, 1.807) is 7.11 Å². The highest BCUT2D eigenvalue weighted by Crippen LogP contribution is 2.54. The van der Waals surface area contributed by atoms with Crippen molar-refractivity contribution < 1.29 is 52.5 Å². The Morgan fingerprint density at radius 3 is 2.38 bits per heavy atom. The van der Waals surface area contributed by atoms with E-state index >= 15 is 0 Å². The van der Waals surface area contributed by atoms with Gasteiger partial charge in [-0.25, -0.2) is 0 Å². The summed E-state index contributed by atoms with van der Waals surface area (Å²) in [6, 6.07) is 0. The molecule has 10 fully saturated rings. The minimum atomic E-state index is -0.780. The smallest absolute Gasteiger partial charge is 0.172 e. The number of ether oxygens (including phenoxy) is 9. The van der Waals surface area contributed by atoms with Crippen molar-refractivity contribution in [3.8, 4) is 0 Å². The van der Waals surface area contributed by atoms with Crippen molar-refractivity contribution in [1.29, 1.82) is 0 Å². The molecule has 19 atom stereocenters. The summed E-state index contributed by atoms with van der Waals surface area (Å²) in [5.74, 6) is -0.619. The fourth-order valence-electron chi connectivity index (χ4n) is 11.3. The number of hydrogen-bond donors (Lipinski definition) is 2. The summed E-state index contributed by atoms with van der Waals surface area (Å²) in [7, 11) is 1.66. The van der Waals surface area contributed by atoms with Crippen LogP contribution in [0.15, 0.2) is 24.3 Å². The van der Waals surface area contributed by atoms with E-state index in [2.05, 4.69) is 20.1 Å². The van der Waals surface area contributed by atoms with Gasteiger partial charge in [-0.2, -0.15) is 0 Å². The van der Waals surface area contributed by atoms with E-state index in [0.717, 1.165) is 56.1 Å². The number of nitrogens with two attached hydrogens (primary N) is 1. The van der Waals surface area contributed by atoms with E-state index < -0.39 is 18.0 Å². The molecule has 0 radical (unpaired) electrons. The van der Waals surface area contributed by atoms with Gasteiger partial charge in [0.05, 0.1) is 67.1 Å². The summed E-state index contributed by atoms with van der Waals surface area (Å²) in [5, 5.41) is 10.5. The normalized spacial score (nSPS) is 52.4. The van der Waals surface area contributed by atoms with Gasteiger partial charge in [-0.3, -0.25) is 4.79 Å². The second-order valence-corrected chi connectivity index (χ2v) is 17.4. The molecule has 0 unspecified atom stereocenters. The van der Waals surface area contributed by atoms with Crippen LogP contribution in [0.3, 0.4) is 0 Å². The first-order valence-corrected chi connectivity index (χ1v) is 20.2. The third kappa shape index (κ3) is 6.59. The lowest BCUT2D eigenvalue weighted by molar-refractivity contribution is -0.292. The lowest BCUT2D eigenvalue weighted by atomic mass is 9.81. The third-order valence-corrected chi connectivity index (χ3v) is 14.0. The number of aliphatic hydroxyl groups excluding tert-OH is 1. The van der Waals surface area contributed by atoms with Gasteiger partial charge in [0, 0.05) is 58.1 Å². The molecule has 0 aromatic carbocycles. The maximum absolute atomic E-state index is 14.1. The first-order chi connectivity index (χ1) is 25.1. The molecule has 52 heavy (non-hydrogen) atoms. The first kappa shape index (κ1) is 36.4. The van der Waals surface area contributed by atoms with E-state index in [-0.39, 0.29) is 122 Å². The zero-order valence-electron chi connectivity index (χ0n) is 30.8. The number of fused-ring (bicyclic) bond motifs is 6. The number of hydrogen-bond acceptors (Lipinski definition) is 12. The van der Waals surface area contributed by atoms with E-state index in [0.29, 0.717) is 25.7 Å². The van der Waals surface area contributed by atoms with Crippen molar-refractivity contribution in [1.82, 2.24) is 0 Å². The standard InChI is InChI=1S/C40H59NO11/c1-19-11-24-5-7-28-20(2)12-26(45-28)9-10-40-17-33-36(51-40)37-38(50-33)39(52-40)35-29(49-37)8-6-25(47-35)13-22(42)14-27-31(16-30(46-24)21(19)3)48-32(34(27)44-4)15-23(43)18-41/h19,23-39,43H,2-3,5-18,41H2,1,4H3/t19-,23-,24+,25-,26+,27+,28+,29+,30-,31+,32-,33-,34-,35+,36+,37+,38-,39+,40+/m1/s1. The molecular formula is C40H59NO11. The Kier molecular flexibility index (Phi) is 10.0. The molecule has 10 saturated heterocycles. The average molecular weight is 730 g/mol. The van der Waals surface area contributed by atoms with Gasteiger partial charge < -0.3 is 53.5 Å². The van der Waals surface area contributed by atoms with Gasteiger partial charge in [-0.05, 0) is 62.0 Å². The van der Waals surface area contributed by atoms with Crippen LogP contribution in [0.5, 0.6) is 0 Å². The van der Waals surface area contributed by atoms with Crippen molar-refractivity contribution in [3.05, 3.63) is 24.3 Å². The molecule has 10 heterocycles. The van der Waals surface area contributed by atoms with Crippen molar-refractivity contribution in [2.24, 2.45) is 17.6 Å². The molecule has 0 saturated carbocycles. The van der Waals surface area contributed by atoms with Crippen LogP contribution in [-0.4, -0.2) is 128 Å². The molecule has 0 amide bonds. The Balaban J connectivity index is 0.994. The van der Waals surface area contributed by atoms with Gasteiger partial charge in [-0.1, -0.05) is 20.1 Å². The van der Waals surface area contributed by atoms with Crippen LogP contribution in [-0.2, 0) is 47.4 Å². The van der Waals surface area contributed by atoms with Crippen LogP contribution >= 0.6 is 0 Å². The number of Topliss-reactive ketones (excluding diaryl/α,β-unsaturated/α-hetero) is 1. The maximum Gasteiger partial charge on any atom is 0.172 e. The van der Waals surface area contributed by atoms with Gasteiger partial charge in [0.1, 0.15) is 36.3 Å². The molecule has 12 heteroatoms. The average Bonchev–Trinajstić information content (AvgIpc) is 3.79. The topological polar surface area (TPSA) is 146 Å². The highest BCUT2D eigenvalue weighted by atomic mass is 16.8. The first-order valence-electron chi connectivity index (χ1n) is 20.2. The van der Waals surface area contributed by atoms with Gasteiger partial charge in [-0.15, -0.1) is 0 Å². The summed E-state index contributed by atoms with van der Waals surface area (Å²) in [4.78, 5) is 14.1.